The largest absolute Gasteiger partial charge is 0.497 e. The van der Waals surface area contributed by atoms with E-state index in [9.17, 15) is 13.2 Å². The van der Waals surface area contributed by atoms with Gasteiger partial charge in [0.05, 0.1) is 18.1 Å². The second kappa shape index (κ2) is 9.14. The van der Waals surface area contributed by atoms with Crippen molar-refractivity contribution in [3.63, 3.8) is 0 Å². The molecule has 8 heteroatoms. The van der Waals surface area contributed by atoms with Crippen molar-refractivity contribution < 1.29 is 22.7 Å². The highest BCUT2D eigenvalue weighted by Crippen LogP contribution is 2.16. The van der Waals surface area contributed by atoms with Gasteiger partial charge in [0, 0.05) is 0 Å². The lowest BCUT2D eigenvalue weighted by Gasteiger charge is -2.19. The number of sulfonamides is 1. The van der Waals surface area contributed by atoms with E-state index in [2.05, 4.69) is 4.72 Å². The Hall–Kier alpha value is -1.25. The van der Waals surface area contributed by atoms with Gasteiger partial charge < -0.3 is 9.47 Å². The fraction of sp³-hybridized carbons (Fsp3) is 0.533. The van der Waals surface area contributed by atoms with Gasteiger partial charge in [-0.15, -0.1) is 0 Å². The highest BCUT2D eigenvalue weighted by molar-refractivity contribution is 7.98. The standard InChI is InChI=1S/C15H23NO5S2/c1-11(2)21-15(17)14(9-10-22-4)16-23(18,19)13-7-5-12(20-3)6-8-13/h5-8,11,14,16H,9-10H2,1-4H3. The highest BCUT2D eigenvalue weighted by Gasteiger charge is 2.27. The first-order valence-electron chi connectivity index (χ1n) is 7.16. The summed E-state index contributed by atoms with van der Waals surface area (Å²) in [4.78, 5) is 12.2. The molecule has 0 aliphatic heterocycles. The summed E-state index contributed by atoms with van der Waals surface area (Å²) in [5.41, 5.74) is 0. The van der Waals surface area contributed by atoms with Crippen LogP contribution in [-0.2, 0) is 19.6 Å². The van der Waals surface area contributed by atoms with Gasteiger partial charge in [0.1, 0.15) is 11.8 Å². The minimum atomic E-state index is -3.81. The van der Waals surface area contributed by atoms with Crippen LogP contribution >= 0.6 is 11.8 Å². The lowest BCUT2D eigenvalue weighted by atomic mass is 10.2. The molecule has 1 atom stereocenters. The molecule has 23 heavy (non-hydrogen) atoms. The zero-order valence-corrected chi connectivity index (χ0v) is 15.4. The number of carbonyl (C=O) groups is 1. The van der Waals surface area contributed by atoms with Gasteiger partial charge in [-0.1, -0.05) is 0 Å². The highest BCUT2D eigenvalue weighted by atomic mass is 32.2. The molecule has 0 radical (unpaired) electrons. The molecule has 0 aromatic heterocycles. The number of thioether (sulfide) groups is 1. The maximum absolute atomic E-state index is 12.4. The van der Waals surface area contributed by atoms with E-state index in [0.717, 1.165) is 0 Å². The van der Waals surface area contributed by atoms with E-state index in [1.807, 2.05) is 6.26 Å². The van der Waals surface area contributed by atoms with Crippen LogP contribution in [0, 0.1) is 0 Å². The molecule has 1 unspecified atom stereocenters. The molecular weight excluding hydrogens is 338 g/mol. The number of ether oxygens (including phenoxy) is 2. The number of carbonyl (C=O) groups excluding carboxylic acids is 1. The van der Waals surface area contributed by atoms with E-state index in [1.54, 1.807) is 26.0 Å². The topological polar surface area (TPSA) is 81.7 Å². The minimum Gasteiger partial charge on any atom is -0.497 e. The van der Waals surface area contributed by atoms with Gasteiger partial charge in [0.2, 0.25) is 10.0 Å². The number of rotatable bonds is 9. The zero-order chi connectivity index (χ0) is 17.5. The van der Waals surface area contributed by atoms with Crippen LogP contribution in [0.1, 0.15) is 20.3 Å². The minimum absolute atomic E-state index is 0.0739. The molecule has 1 aromatic carbocycles. The van der Waals surface area contributed by atoms with E-state index in [-0.39, 0.29) is 11.0 Å². The Morgan fingerprint density at radius 3 is 2.35 bits per heavy atom. The molecule has 0 aliphatic carbocycles. The van der Waals surface area contributed by atoms with Crippen LogP contribution in [-0.4, -0.2) is 45.7 Å². The summed E-state index contributed by atoms with van der Waals surface area (Å²) in [5, 5.41) is 0. The van der Waals surface area contributed by atoms with Crippen molar-refractivity contribution in [2.24, 2.45) is 0 Å². The molecule has 130 valence electrons. The Morgan fingerprint density at radius 1 is 1.26 bits per heavy atom. The van der Waals surface area contributed by atoms with E-state index in [1.165, 1.54) is 31.0 Å². The molecule has 1 rings (SSSR count). The van der Waals surface area contributed by atoms with Crippen molar-refractivity contribution in [2.75, 3.05) is 19.1 Å². The van der Waals surface area contributed by atoms with Crippen LogP contribution in [0.4, 0.5) is 0 Å². The fourth-order valence-corrected chi connectivity index (χ4v) is 3.48. The first-order chi connectivity index (χ1) is 10.8. The summed E-state index contributed by atoms with van der Waals surface area (Å²) in [6, 6.07) is 5.06. The molecule has 0 amide bonds. The molecular formula is C15H23NO5S2. The fourth-order valence-electron chi connectivity index (χ4n) is 1.79. The number of nitrogens with one attached hydrogen (secondary N) is 1. The lowest BCUT2D eigenvalue weighted by molar-refractivity contribution is -0.149. The SMILES string of the molecule is COc1ccc(S(=O)(=O)NC(CCSC)C(=O)OC(C)C)cc1. The number of benzene rings is 1. The maximum atomic E-state index is 12.4. The monoisotopic (exact) mass is 361 g/mol. The Kier molecular flexibility index (Phi) is 7.87. The van der Waals surface area contributed by atoms with Crippen molar-refractivity contribution in [1.82, 2.24) is 4.72 Å². The summed E-state index contributed by atoms with van der Waals surface area (Å²) in [6.07, 6.45) is 1.95. The van der Waals surface area contributed by atoms with Crippen molar-refractivity contribution >= 4 is 27.8 Å². The normalized spacial score (nSPS) is 12.9. The number of hydrogen-bond acceptors (Lipinski definition) is 6. The molecule has 1 aromatic rings. The second-order valence-electron chi connectivity index (χ2n) is 5.12. The maximum Gasteiger partial charge on any atom is 0.324 e. The summed E-state index contributed by atoms with van der Waals surface area (Å²) in [6.45, 7) is 3.45. The van der Waals surface area contributed by atoms with E-state index >= 15 is 0 Å². The third-order valence-electron chi connectivity index (χ3n) is 2.91. The van der Waals surface area contributed by atoms with Crippen LogP contribution in [0.2, 0.25) is 0 Å². The Bertz CT molecular complexity index is 599. The second-order valence-corrected chi connectivity index (χ2v) is 7.82. The summed E-state index contributed by atoms with van der Waals surface area (Å²) in [5.74, 6) is 0.636. The summed E-state index contributed by atoms with van der Waals surface area (Å²) in [7, 11) is -2.31. The zero-order valence-electron chi connectivity index (χ0n) is 13.7. The van der Waals surface area contributed by atoms with Gasteiger partial charge in [-0.3, -0.25) is 4.79 Å². The van der Waals surface area contributed by atoms with Gasteiger partial charge in [-0.25, -0.2) is 8.42 Å². The van der Waals surface area contributed by atoms with Gasteiger partial charge >= 0.3 is 5.97 Å². The Balaban J connectivity index is 2.92. The molecule has 0 saturated carbocycles. The van der Waals surface area contributed by atoms with Gasteiger partial charge in [-0.2, -0.15) is 16.5 Å². The molecule has 0 aliphatic rings. The average molecular weight is 361 g/mol. The van der Waals surface area contributed by atoms with Gasteiger partial charge in [-0.05, 0) is 56.5 Å². The molecule has 0 bridgehead atoms. The first kappa shape index (κ1) is 19.8. The summed E-state index contributed by atoms with van der Waals surface area (Å²) >= 11 is 1.53. The van der Waals surface area contributed by atoms with E-state index in [0.29, 0.717) is 17.9 Å². The smallest absolute Gasteiger partial charge is 0.324 e. The predicted molar refractivity (Wildman–Crippen MR) is 91.3 cm³/mol. The molecule has 0 spiro atoms. The third kappa shape index (κ3) is 6.40. The van der Waals surface area contributed by atoms with Gasteiger partial charge in [0.15, 0.2) is 0 Å². The van der Waals surface area contributed by atoms with Crippen LogP contribution in [0.3, 0.4) is 0 Å². The van der Waals surface area contributed by atoms with Crippen LogP contribution in [0.5, 0.6) is 5.75 Å². The van der Waals surface area contributed by atoms with Crippen LogP contribution in [0.15, 0.2) is 29.2 Å². The van der Waals surface area contributed by atoms with E-state index < -0.39 is 22.0 Å². The molecule has 0 saturated heterocycles. The quantitative estimate of drug-likeness (QED) is 0.678. The van der Waals surface area contributed by atoms with Gasteiger partial charge in [0.25, 0.3) is 0 Å². The van der Waals surface area contributed by atoms with Crippen molar-refractivity contribution in [3.05, 3.63) is 24.3 Å². The summed E-state index contributed by atoms with van der Waals surface area (Å²) < 4.78 is 37.4. The van der Waals surface area contributed by atoms with Crippen molar-refractivity contribution in [2.45, 2.75) is 37.3 Å². The first-order valence-corrected chi connectivity index (χ1v) is 10.0. The molecule has 1 N–H and O–H groups in total. The number of hydrogen-bond donors (Lipinski definition) is 1. The van der Waals surface area contributed by atoms with E-state index in [4.69, 9.17) is 9.47 Å². The molecule has 6 nitrogen and oxygen atoms in total. The van der Waals surface area contributed by atoms with Crippen molar-refractivity contribution in [3.8, 4) is 5.75 Å². The molecule has 0 heterocycles. The number of methoxy groups -OCH3 is 1. The van der Waals surface area contributed by atoms with Crippen LogP contribution in [0.25, 0.3) is 0 Å². The average Bonchev–Trinajstić information content (AvgIpc) is 2.50. The van der Waals surface area contributed by atoms with Crippen molar-refractivity contribution in [1.29, 1.82) is 0 Å². The third-order valence-corrected chi connectivity index (χ3v) is 5.05. The number of esters is 1. The van der Waals surface area contributed by atoms with Crippen LogP contribution < -0.4 is 9.46 Å². The molecule has 0 fully saturated rings. The Morgan fingerprint density at radius 2 is 1.87 bits per heavy atom. The lowest BCUT2D eigenvalue weighted by Crippen LogP contribution is -2.42. The predicted octanol–water partition coefficient (Wildman–Crippen LogP) is 2.05. The Labute approximate surface area is 142 Å².